The van der Waals surface area contributed by atoms with Crippen LogP contribution in [0.1, 0.15) is 11.1 Å². The maximum Gasteiger partial charge on any atom is 0.417 e. The Hall–Kier alpha value is -1.86. The molecule has 2 aromatic rings. The summed E-state index contributed by atoms with van der Waals surface area (Å²) in [4.78, 5) is 15.4. The molecule has 1 aromatic heterocycles. The minimum absolute atomic E-state index is 0.223. The maximum atomic E-state index is 12.7. The highest BCUT2D eigenvalue weighted by molar-refractivity contribution is 7.13. The molecule has 110 valence electrons. The molecular formula is C13H8ClF3N2OS. The number of alkyl halides is 3. The van der Waals surface area contributed by atoms with Crippen LogP contribution in [0.4, 0.5) is 18.3 Å². The van der Waals surface area contributed by atoms with Crippen LogP contribution in [0.2, 0.25) is 5.02 Å². The SMILES string of the molecule is O=C(/C=C/c1ccc(Cl)c(C(F)(F)F)c1)Nc1nccs1. The Morgan fingerprint density at radius 2 is 2.14 bits per heavy atom. The molecule has 0 spiro atoms. The number of amides is 1. The van der Waals surface area contributed by atoms with Crippen molar-refractivity contribution in [1.29, 1.82) is 0 Å². The van der Waals surface area contributed by atoms with Gasteiger partial charge in [-0.25, -0.2) is 4.98 Å². The highest BCUT2D eigenvalue weighted by atomic mass is 35.5. The number of anilines is 1. The quantitative estimate of drug-likeness (QED) is 0.843. The van der Waals surface area contributed by atoms with Crippen LogP contribution in [-0.2, 0) is 11.0 Å². The second-order valence-electron chi connectivity index (χ2n) is 3.90. The molecule has 0 bridgehead atoms. The Kier molecular flexibility index (Phi) is 4.64. The van der Waals surface area contributed by atoms with Crippen LogP contribution < -0.4 is 5.32 Å². The second kappa shape index (κ2) is 6.28. The van der Waals surface area contributed by atoms with Gasteiger partial charge in [0.25, 0.3) is 0 Å². The monoisotopic (exact) mass is 332 g/mol. The van der Waals surface area contributed by atoms with Crippen molar-refractivity contribution in [1.82, 2.24) is 4.98 Å². The molecule has 0 atom stereocenters. The zero-order valence-electron chi connectivity index (χ0n) is 10.3. The van der Waals surface area contributed by atoms with E-state index in [-0.39, 0.29) is 10.6 Å². The summed E-state index contributed by atoms with van der Waals surface area (Å²) in [6.07, 6.45) is -0.609. The number of rotatable bonds is 3. The van der Waals surface area contributed by atoms with Crippen LogP contribution in [0, 0.1) is 0 Å². The molecule has 0 radical (unpaired) electrons. The molecule has 1 heterocycles. The van der Waals surface area contributed by atoms with Gasteiger partial charge in [0.1, 0.15) is 0 Å². The summed E-state index contributed by atoms with van der Waals surface area (Å²) in [5.41, 5.74) is -0.715. The number of thiazole rings is 1. The number of benzene rings is 1. The zero-order valence-corrected chi connectivity index (χ0v) is 11.9. The predicted molar refractivity (Wildman–Crippen MR) is 76.2 cm³/mol. The molecular weight excluding hydrogens is 325 g/mol. The van der Waals surface area contributed by atoms with Crippen molar-refractivity contribution in [3.63, 3.8) is 0 Å². The van der Waals surface area contributed by atoms with Gasteiger partial charge >= 0.3 is 6.18 Å². The van der Waals surface area contributed by atoms with E-state index in [1.807, 2.05) is 0 Å². The minimum atomic E-state index is -4.54. The molecule has 1 N–H and O–H groups in total. The van der Waals surface area contributed by atoms with Gasteiger partial charge in [-0.05, 0) is 23.8 Å². The van der Waals surface area contributed by atoms with Crippen molar-refractivity contribution in [2.75, 3.05) is 5.32 Å². The van der Waals surface area contributed by atoms with Crippen molar-refractivity contribution in [3.8, 4) is 0 Å². The van der Waals surface area contributed by atoms with E-state index >= 15 is 0 Å². The summed E-state index contributed by atoms with van der Waals surface area (Å²) in [5.74, 6) is -0.478. The fraction of sp³-hybridized carbons (Fsp3) is 0.0769. The first-order valence-electron chi connectivity index (χ1n) is 5.61. The maximum absolute atomic E-state index is 12.7. The van der Waals surface area contributed by atoms with E-state index in [1.54, 1.807) is 5.38 Å². The molecule has 21 heavy (non-hydrogen) atoms. The topological polar surface area (TPSA) is 42.0 Å². The average Bonchev–Trinajstić information content (AvgIpc) is 2.89. The first-order chi connectivity index (χ1) is 9.86. The van der Waals surface area contributed by atoms with E-state index in [1.165, 1.54) is 29.7 Å². The van der Waals surface area contributed by atoms with Crippen LogP contribution in [0.3, 0.4) is 0 Å². The molecule has 0 saturated heterocycles. The van der Waals surface area contributed by atoms with Crippen LogP contribution in [0.15, 0.2) is 35.9 Å². The fourth-order valence-electron chi connectivity index (χ4n) is 1.47. The number of nitrogens with one attached hydrogen (secondary N) is 1. The number of carbonyl (C=O) groups excluding carboxylic acids is 1. The molecule has 0 unspecified atom stereocenters. The highest BCUT2D eigenvalue weighted by Gasteiger charge is 2.33. The van der Waals surface area contributed by atoms with E-state index in [9.17, 15) is 18.0 Å². The van der Waals surface area contributed by atoms with Gasteiger partial charge in [-0.2, -0.15) is 13.2 Å². The molecule has 0 fully saturated rings. The summed E-state index contributed by atoms with van der Waals surface area (Å²) in [6.45, 7) is 0. The molecule has 0 saturated carbocycles. The molecule has 8 heteroatoms. The summed E-state index contributed by atoms with van der Waals surface area (Å²) in [5, 5.41) is 4.20. The fourth-order valence-corrected chi connectivity index (χ4v) is 2.22. The lowest BCUT2D eigenvalue weighted by molar-refractivity contribution is -0.137. The third kappa shape index (κ3) is 4.30. The van der Waals surface area contributed by atoms with E-state index in [0.717, 1.165) is 18.2 Å². The number of halogens is 4. The summed E-state index contributed by atoms with van der Waals surface area (Å²) in [7, 11) is 0. The molecule has 0 aliphatic rings. The third-order valence-corrected chi connectivity index (χ3v) is 3.40. The normalized spacial score (nSPS) is 11.8. The number of carbonyl (C=O) groups is 1. The predicted octanol–water partition coefficient (Wildman–Crippen LogP) is 4.47. The van der Waals surface area contributed by atoms with Crippen LogP contribution in [0.5, 0.6) is 0 Å². The number of nitrogens with zero attached hydrogens (tertiary/aromatic N) is 1. The van der Waals surface area contributed by atoms with Gasteiger partial charge < -0.3 is 0 Å². The van der Waals surface area contributed by atoms with Gasteiger partial charge in [0, 0.05) is 17.7 Å². The Balaban J connectivity index is 2.12. The summed E-state index contributed by atoms with van der Waals surface area (Å²) < 4.78 is 38.1. The Labute approximate surface area is 127 Å². The van der Waals surface area contributed by atoms with Gasteiger partial charge in [0.2, 0.25) is 5.91 Å². The van der Waals surface area contributed by atoms with Crippen molar-refractivity contribution in [2.24, 2.45) is 0 Å². The summed E-state index contributed by atoms with van der Waals surface area (Å²) >= 11 is 6.75. The lowest BCUT2D eigenvalue weighted by Gasteiger charge is -2.09. The minimum Gasteiger partial charge on any atom is -0.298 e. The van der Waals surface area contributed by atoms with Crippen molar-refractivity contribution in [3.05, 3.63) is 52.0 Å². The Morgan fingerprint density at radius 3 is 2.76 bits per heavy atom. The molecule has 1 amide bonds. The van der Waals surface area contributed by atoms with Gasteiger partial charge in [0.05, 0.1) is 10.6 Å². The molecule has 0 aliphatic heterocycles. The number of hydrogen-bond donors (Lipinski definition) is 1. The van der Waals surface area contributed by atoms with Gasteiger partial charge in [-0.1, -0.05) is 17.7 Å². The molecule has 2 rings (SSSR count). The second-order valence-corrected chi connectivity index (χ2v) is 5.20. The third-order valence-electron chi connectivity index (χ3n) is 2.39. The van der Waals surface area contributed by atoms with E-state index < -0.39 is 17.6 Å². The van der Waals surface area contributed by atoms with E-state index in [2.05, 4.69) is 10.3 Å². The molecule has 3 nitrogen and oxygen atoms in total. The van der Waals surface area contributed by atoms with Crippen LogP contribution in [-0.4, -0.2) is 10.9 Å². The van der Waals surface area contributed by atoms with E-state index in [4.69, 9.17) is 11.6 Å². The average molecular weight is 333 g/mol. The largest absolute Gasteiger partial charge is 0.417 e. The standard InChI is InChI=1S/C13H8ClF3N2OS/c14-10-3-1-8(7-9(10)13(15,16)17)2-4-11(20)19-12-18-5-6-21-12/h1-7H,(H,18,19,20)/b4-2+. The van der Waals surface area contributed by atoms with Gasteiger partial charge in [0.15, 0.2) is 5.13 Å². The van der Waals surface area contributed by atoms with Crippen LogP contribution in [0.25, 0.3) is 6.08 Å². The van der Waals surface area contributed by atoms with E-state index in [0.29, 0.717) is 5.13 Å². The lowest BCUT2D eigenvalue weighted by Crippen LogP contribution is -2.07. The van der Waals surface area contributed by atoms with Crippen molar-refractivity contribution in [2.45, 2.75) is 6.18 Å². The lowest BCUT2D eigenvalue weighted by atomic mass is 10.1. The first kappa shape index (κ1) is 15.5. The van der Waals surface area contributed by atoms with Crippen molar-refractivity contribution < 1.29 is 18.0 Å². The Bertz CT molecular complexity index is 669. The molecule has 0 aliphatic carbocycles. The number of aromatic nitrogens is 1. The molecule has 1 aromatic carbocycles. The van der Waals surface area contributed by atoms with Gasteiger partial charge in [-0.3, -0.25) is 10.1 Å². The van der Waals surface area contributed by atoms with Crippen molar-refractivity contribution >= 4 is 40.1 Å². The number of hydrogen-bond acceptors (Lipinski definition) is 3. The smallest absolute Gasteiger partial charge is 0.298 e. The van der Waals surface area contributed by atoms with Crippen LogP contribution >= 0.6 is 22.9 Å². The highest BCUT2D eigenvalue weighted by Crippen LogP contribution is 2.35. The first-order valence-corrected chi connectivity index (χ1v) is 6.87. The zero-order chi connectivity index (χ0) is 15.5. The van der Waals surface area contributed by atoms with Gasteiger partial charge in [-0.15, -0.1) is 11.3 Å². The Morgan fingerprint density at radius 1 is 1.38 bits per heavy atom. The summed E-state index contributed by atoms with van der Waals surface area (Å²) in [6, 6.07) is 3.42.